The summed E-state index contributed by atoms with van der Waals surface area (Å²) < 4.78 is 11.0. The highest BCUT2D eigenvalue weighted by atomic mass is 16.7. The van der Waals surface area contributed by atoms with Crippen molar-refractivity contribution < 1.29 is 44.9 Å². The molecule has 7 N–H and O–H groups in total. The van der Waals surface area contributed by atoms with Gasteiger partial charge in [0.1, 0.15) is 36.2 Å². The lowest BCUT2D eigenvalue weighted by atomic mass is 9.99. The maximum absolute atomic E-state index is 11.6. The third kappa shape index (κ3) is 3.77. The van der Waals surface area contributed by atoms with E-state index in [1.54, 1.807) is 24.3 Å². The van der Waals surface area contributed by atoms with Gasteiger partial charge in [0.25, 0.3) is 0 Å². The van der Waals surface area contributed by atoms with Gasteiger partial charge in [-0.1, -0.05) is 18.2 Å². The lowest BCUT2D eigenvalue weighted by molar-refractivity contribution is -0.314. The monoisotopic (exact) mass is 434 g/mol. The number of hydrogen-bond donors (Lipinski definition) is 7. The third-order valence-electron chi connectivity index (χ3n) is 5.36. The molecule has 11 heteroatoms. The number of aromatic amines is 1. The van der Waals surface area contributed by atoms with Gasteiger partial charge in [0, 0.05) is 16.3 Å². The van der Waals surface area contributed by atoms with Crippen molar-refractivity contribution in [2.24, 2.45) is 0 Å². The first-order chi connectivity index (χ1) is 14.8. The number of pyridine rings is 1. The molecule has 1 aliphatic heterocycles. The number of aromatic carboxylic acids is 1. The Labute approximate surface area is 175 Å². The molecule has 0 radical (unpaired) electrons. The van der Waals surface area contributed by atoms with Gasteiger partial charge in [-0.05, 0) is 12.1 Å². The Morgan fingerprint density at radius 1 is 1.13 bits per heavy atom. The van der Waals surface area contributed by atoms with E-state index in [-0.39, 0.29) is 11.4 Å². The molecule has 0 aliphatic carbocycles. The number of benzene rings is 1. The number of aromatic nitrogens is 2. The van der Waals surface area contributed by atoms with Crippen LogP contribution in [0.25, 0.3) is 21.8 Å². The fourth-order valence-electron chi connectivity index (χ4n) is 3.75. The highest BCUT2D eigenvalue weighted by molar-refractivity contribution is 6.09. The van der Waals surface area contributed by atoms with Crippen molar-refractivity contribution in [3.63, 3.8) is 0 Å². The average molecular weight is 434 g/mol. The van der Waals surface area contributed by atoms with Crippen molar-refractivity contribution in [3.05, 3.63) is 41.7 Å². The van der Waals surface area contributed by atoms with E-state index < -0.39 is 56.0 Å². The Hall–Kier alpha value is -2.64. The standard InChI is InChI=1S/C20H22N2O9/c23-6-12(30-20-18(27)17(26)16(25)13(7-24)31-20)15-14-9(5-11(22-15)19(28)29)8-3-1-2-4-10(8)21-14/h1-5,12-13,16-18,20-21,23-27H,6-7H2,(H,28,29). The molecule has 1 aromatic carbocycles. The first-order valence-electron chi connectivity index (χ1n) is 9.57. The van der Waals surface area contributed by atoms with Crippen LogP contribution < -0.4 is 0 Å². The first-order valence-corrected chi connectivity index (χ1v) is 9.57. The van der Waals surface area contributed by atoms with Crippen molar-refractivity contribution in [2.75, 3.05) is 13.2 Å². The molecule has 0 saturated carbocycles. The number of carboxylic acids is 1. The summed E-state index contributed by atoms with van der Waals surface area (Å²) in [6, 6.07) is 8.60. The molecule has 4 rings (SSSR count). The molecule has 1 aliphatic rings. The molecular formula is C20H22N2O9. The number of nitrogens with one attached hydrogen (secondary N) is 1. The molecule has 1 fully saturated rings. The van der Waals surface area contributed by atoms with Crippen molar-refractivity contribution in [2.45, 2.75) is 36.8 Å². The van der Waals surface area contributed by atoms with E-state index in [0.717, 1.165) is 5.39 Å². The van der Waals surface area contributed by atoms with Crippen LogP contribution in [0.5, 0.6) is 0 Å². The number of nitrogens with zero attached hydrogens (tertiary/aromatic N) is 1. The van der Waals surface area contributed by atoms with E-state index in [1.165, 1.54) is 6.07 Å². The molecule has 1 saturated heterocycles. The van der Waals surface area contributed by atoms with Gasteiger partial charge >= 0.3 is 5.97 Å². The summed E-state index contributed by atoms with van der Waals surface area (Å²) >= 11 is 0. The topological polar surface area (TPSA) is 186 Å². The number of carboxylic acid groups (broad SMARTS) is 1. The molecule has 11 nitrogen and oxygen atoms in total. The molecule has 0 bridgehead atoms. The van der Waals surface area contributed by atoms with Gasteiger partial charge in [-0.15, -0.1) is 0 Å². The smallest absolute Gasteiger partial charge is 0.354 e. The summed E-state index contributed by atoms with van der Waals surface area (Å²) in [5.41, 5.74) is 0.927. The quantitative estimate of drug-likeness (QED) is 0.261. The maximum Gasteiger partial charge on any atom is 0.354 e. The van der Waals surface area contributed by atoms with Crippen LogP contribution in [0.2, 0.25) is 0 Å². The van der Waals surface area contributed by atoms with Gasteiger partial charge in [0.15, 0.2) is 6.29 Å². The number of H-pyrrole nitrogens is 1. The van der Waals surface area contributed by atoms with Gasteiger partial charge in [0.2, 0.25) is 0 Å². The molecule has 6 unspecified atom stereocenters. The fourth-order valence-corrected chi connectivity index (χ4v) is 3.75. The van der Waals surface area contributed by atoms with Gasteiger partial charge in [0.05, 0.1) is 24.4 Å². The second-order valence-corrected chi connectivity index (χ2v) is 7.30. The van der Waals surface area contributed by atoms with Crippen LogP contribution in [0.4, 0.5) is 0 Å². The van der Waals surface area contributed by atoms with Gasteiger partial charge in [-0.3, -0.25) is 0 Å². The van der Waals surface area contributed by atoms with E-state index >= 15 is 0 Å². The van der Waals surface area contributed by atoms with Crippen molar-refractivity contribution in [3.8, 4) is 0 Å². The Balaban J connectivity index is 1.77. The molecule has 6 atom stereocenters. The summed E-state index contributed by atoms with van der Waals surface area (Å²) in [5.74, 6) is -1.28. The predicted molar refractivity (Wildman–Crippen MR) is 105 cm³/mol. The number of fused-ring (bicyclic) bond motifs is 3. The summed E-state index contributed by atoms with van der Waals surface area (Å²) in [5, 5.41) is 60.2. The van der Waals surface area contributed by atoms with E-state index in [1.807, 2.05) is 0 Å². The molecule has 0 amide bonds. The van der Waals surface area contributed by atoms with Gasteiger partial charge < -0.3 is 45.1 Å². The third-order valence-corrected chi connectivity index (χ3v) is 5.36. The fraction of sp³-hybridized carbons (Fsp3) is 0.400. The summed E-state index contributed by atoms with van der Waals surface area (Å²) in [4.78, 5) is 18.9. The highest BCUT2D eigenvalue weighted by Gasteiger charge is 2.45. The zero-order chi connectivity index (χ0) is 22.3. The van der Waals surface area contributed by atoms with Crippen molar-refractivity contribution >= 4 is 27.8 Å². The Kier molecular flexibility index (Phi) is 5.90. The van der Waals surface area contributed by atoms with Crippen LogP contribution >= 0.6 is 0 Å². The number of carbonyl (C=O) groups is 1. The molecular weight excluding hydrogens is 412 g/mol. The van der Waals surface area contributed by atoms with Crippen LogP contribution in [0.15, 0.2) is 30.3 Å². The minimum atomic E-state index is -1.69. The Morgan fingerprint density at radius 3 is 2.55 bits per heavy atom. The van der Waals surface area contributed by atoms with Crippen molar-refractivity contribution in [1.82, 2.24) is 9.97 Å². The van der Waals surface area contributed by atoms with Crippen LogP contribution in [0.3, 0.4) is 0 Å². The molecule has 166 valence electrons. The van der Waals surface area contributed by atoms with E-state index in [4.69, 9.17) is 9.47 Å². The maximum atomic E-state index is 11.6. The summed E-state index contributed by atoms with van der Waals surface area (Å²) in [6.07, 6.45) is -8.90. The molecule has 3 aromatic rings. The molecule has 31 heavy (non-hydrogen) atoms. The number of aliphatic hydroxyl groups is 5. The lowest BCUT2D eigenvalue weighted by Crippen LogP contribution is -2.59. The SMILES string of the molecule is O=C(O)c1cc2c([nH]c3ccccc32)c(C(CO)OC2OC(CO)C(O)C(O)C2O)n1. The first kappa shape index (κ1) is 21.6. The normalized spacial score (nSPS) is 27.6. The second-order valence-electron chi connectivity index (χ2n) is 7.30. The van der Waals surface area contributed by atoms with E-state index in [9.17, 15) is 35.4 Å². The molecule has 3 heterocycles. The zero-order valence-electron chi connectivity index (χ0n) is 16.1. The number of hydrogen-bond acceptors (Lipinski definition) is 9. The number of aliphatic hydroxyl groups excluding tert-OH is 5. The number of para-hydroxylation sites is 1. The summed E-state index contributed by atoms with van der Waals surface area (Å²) in [6.45, 7) is -1.30. The number of rotatable bonds is 6. The van der Waals surface area contributed by atoms with Crippen LogP contribution in [0.1, 0.15) is 22.3 Å². The average Bonchev–Trinajstić information content (AvgIpc) is 3.15. The van der Waals surface area contributed by atoms with Crippen LogP contribution in [-0.2, 0) is 9.47 Å². The Bertz CT molecular complexity index is 1100. The van der Waals surface area contributed by atoms with Crippen LogP contribution in [0, 0.1) is 0 Å². The predicted octanol–water partition coefficient (Wildman–Crippen LogP) is -0.736. The van der Waals surface area contributed by atoms with Crippen LogP contribution in [-0.4, -0.2) is 90.5 Å². The minimum Gasteiger partial charge on any atom is -0.477 e. The largest absolute Gasteiger partial charge is 0.477 e. The highest BCUT2D eigenvalue weighted by Crippen LogP contribution is 2.33. The molecule has 0 spiro atoms. The van der Waals surface area contributed by atoms with E-state index in [2.05, 4.69) is 9.97 Å². The Morgan fingerprint density at radius 2 is 1.87 bits per heavy atom. The van der Waals surface area contributed by atoms with Gasteiger partial charge in [-0.2, -0.15) is 0 Å². The summed E-state index contributed by atoms with van der Waals surface area (Å²) in [7, 11) is 0. The van der Waals surface area contributed by atoms with E-state index in [0.29, 0.717) is 16.4 Å². The number of ether oxygens (including phenoxy) is 2. The van der Waals surface area contributed by atoms with Crippen molar-refractivity contribution in [1.29, 1.82) is 0 Å². The minimum absolute atomic E-state index is 0.0607. The molecule has 2 aromatic heterocycles. The lowest BCUT2D eigenvalue weighted by Gasteiger charge is -2.40. The second kappa shape index (κ2) is 8.48. The van der Waals surface area contributed by atoms with Gasteiger partial charge in [-0.25, -0.2) is 9.78 Å². The zero-order valence-corrected chi connectivity index (χ0v) is 16.1.